The van der Waals surface area contributed by atoms with Crippen LogP contribution in [0.2, 0.25) is 0 Å². The van der Waals surface area contributed by atoms with E-state index in [1.807, 2.05) is 49.4 Å². The molecular weight excluding hydrogens is 462 g/mol. The molecule has 0 radical (unpaired) electrons. The summed E-state index contributed by atoms with van der Waals surface area (Å²) in [5.41, 5.74) is 3.79. The summed E-state index contributed by atoms with van der Waals surface area (Å²) in [4.78, 5) is 26.0. The number of rotatable bonds is 9. The molecular formula is C27H31N3O4S. The van der Waals surface area contributed by atoms with Gasteiger partial charge >= 0.3 is 0 Å². The number of nitrogens with zero attached hydrogens (tertiary/aromatic N) is 1. The van der Waals surface area contributed by atoms with Gasteiger partial charge in [-0.05, 0) is 62.1 Å². The van der Waals surface area contributed by atoms with Crippen molar-refractivity contribution < 1.29 is 18.0 Å². The van der Waals surface area contributed by atoms with Crippen LogP contribution in [0.1, 0.15) is 34.0 Å². The average molecular weight is 494 g/mol. The molecule has 184 valence electrons. The Bertz CT molecular complexity index is 1310. The van der Waals surface area contributed by atoms with Crippen LogP contribution in [-0.4, -0.2) is 39.1 Å². The average Bonchev–Trinajstić information content (AvgIpc) is 2.81. The smallest absolute Gasteiger partial charge is 0.253 e. The fraction of sp³-hybridized carbons (Fsp3) is 0.259. The molecule has 0 bridgehead atoms. The standard InChI is InChI=1S/C27H31N3O4S/c1-19-14-15-20(2)25(18-19)30(35(4,33)34)21(3)26(31)29-24-13-9-8-12-23(24)27(32)28-17-16-22-10-6-5-7-11-22/h5-15,18,21H,16-17H2,1-4H3,(H,28,32)(H,29,31)/t21-/m1/s1. The predicted octanol–water partition coefficient (Wildman–Crippen LogP) is 4.07. The van der Waals surface area contributed by atoms with Crippen molar-refractivity contribution in [2.24, 2.45) is 0 Å². The van der Waals surface area contributed by atoms with Gasteiger partial charge in [0.2, 0.25) is 15.9 Å². The van der Waals surface area contributed by atoms with Gasteiger partial charge in [-0.1, -0.05) is 54.6 Å². The van der Waals surface area contributed by atoms with E-state index >= 15 is 0 Å². The van der Waals surface area contributed by atoms with Crippen molar-refractivity contribution in [1.82, 2.24) is 5.32 Å². The molecule has 7 nitrogen and oxygen atoms in total. The van der Waals surface area contributed by atoms with Crippen LogP contribution in [0, 0.1) is 13.8 Å². The van der Waals surface area contributed by atoms with E-state index < -0.39 is 22.0 Å². The van der Waals surface area contributed by atoms with Gasteiger partial charge in [0.15, 0.2) is 0 Å². The third-order valence-corrected chi connectivity index (χ3v) is 6.89. The Balaban J connectivity index is 1.77. The normalized spacial score (nSPS) is 12.0. The molecule has 0 unspecified atom stereocenters. The molecule has 0 saturated heterocycles. The van der Waals surface area contributed by atoms with Crippen LogP contribution < -0.4 is 14.9 Å². The van der Waals surface area contributed by atoms with Crippen molar-refractivity contribution >= 4 is 33.2 Å². The monoisotopic (exact) mass is 493 g/mol. The number of sulfonamides is 1. The fourth-order valence-electron chi connectivity index (χ4n) is 3.83. The van der Waals surface area contributed by atoms with Crippen LogP contribution in [0.5, 0.6) is 0 Å². The molecule has 2 amide bonds. The first-order valence-electron chi connectivity index (χ1n) is 11.4. The lowest BCUT2D eigenvalue weighted by atomic mass is 10.1. The van der Waals surface area contributed by atoms with E-state index in [4.69, 9.17) is 0 Å². The Morgan fingerprint density at radius 1 is 0.943 bits per heavy atom. The minimum Gasteiger partial charge on any atom is -0.352 e. The minimum absolute atomic E-state index is 0.304. The summed E-state index contributed by atoms with van der Waals surface area (Å²) < 4.78 is 26.5. The molecule has 0 aromatic heterocycles. The van der Waals surface area contributed by atoms with E-state index in [9.17, 15) is 18.0 Å². The number of amides is 2. The quantitative estimate of drug-likeness (QED) is 0.470. The van der Waals surface area contributed by atoms with E-state index in [0.717, 1.165) is 27.3 Å². The third-order valence-electron chi connectivity index (χ3n) is 5.66. The molecule has 1 atom stereocenters. The van der Waals surface area contributed by atoms with Crippen LogP contribution in [-0.2, 0) is 21.2 Å². The van der Waals surface area contributed by atoms with Gasteiger partial charge in [-0.3, -0.25) is 13.9 Å². The highest BCUT2D eigenvalue weighted by Gasteiger charge is 2.30. The summed E-state index contributed by atoms with van der Waals surface area (Å²) in [7, 11) is -3.77. The van der Waals surface area contributed by atoms with Crippen molar-refractivity contribution in [2.75, 3.05) is 22.4 Å². The molecule has 0 aliphatic carbocycles. The maximum atomic E-state index is 13.2. The number of benzene rings is 3. The molecule has 2 N–H and O–H groups in total. The van der Waals surface area contributed by atoms with E-state index in [1.54, 1.807) is 37.3 Å². The highest BCUT2D eigenvalue weighted by molar-refractivity contribution is 7.92. The largest absolute Gasteiger partial charge is 0.352 e. The summed E-state index contributed by atoms with van der Waals surface area (Å²) >= 11 is 0. The third kappa shape index (κ3) is 6.70. The lowest BCUT2D eigenvalue weighted by Crippen LogP contribution is -2.46. The van der Waals surface area contributed by atoms with E-state index in [-0.39, 0.29) is 5.91 Å². The summed E-state index contributed by atoms with van der Waals surface area (Å²) in [5, 5.41) is 5.63. The second-order valence-electron chi connectivity index (χ2n) is 8.55. The number of para-hydroxylation sites is 1. The first-order chi connectivity index (χ1) is 16.6. The van der Waals surface area contributed by atoms with Gasteiger partial charge in [-0.15, -0.1) is 0 Å². The molecule has 35 heavy (non-hydrogen) atoms. The van der Waals surface area contributed by atoms with Crippen LogP contribution in [0.3, 0.4) is 0 Å². The molecule has 0 heterocycles. The molecule has 3 aromatic carbocycles. The van der Waals surface area contributed by atoms with Crippen molar-refractivity contribution in [3.8, 4) is 0 Å². The molecule has 8 heteroatoms. The first kappa shape index (κ1) is 26.0. The Morgan fingerprint density at radius 2 is 1.60 bits per heavy atom. The van der Waals surface area contributed by atoms with Gasteiger partial charge in [-0.2, -0.15) is 0 Å². The molecule has 3 rings (SSSR count). The number of nitrogens with one attached hydrogen (secondary N) is 2. The van der Waals surface area contributed by atoms with Crippen molar-refractivity contribution in [3.05, 3.63) is 95.1 Å². The molecule has 0 saturated carbocycles. The van der Waals surface area contributed by atoms with Crippen LogP contribution in [0.15, 0.2) is 72.8 Å². The molecule has 0 aliphatic heterocycles. The second-order valence-corrected chi connectivity index (χ2v) is 10.4. The van der Waals surface area contributed by atoms with E-state index in [0.29, 0.717) is 29.9 Å². The summed E-state index contributed by atoms with van der Waals surface area (Å²) in [6.07, 6.45) is 1.75. The minimum atomic E-state index is -3.77. The van der Waals surface area contributed by atoms with Gasteiger partial charge in [-0.25, -0.2) is 8.42 Å². The van der Waals surface area contributed by atoms with Gasteiger partial charge in [0.05, 0.1) is 23.2 Å². The summed E-state index contributed by atoms with van der Waals surface area (Å²) in [6.45, 7) is 5.63. The molecule has 0 spiro atoms. The molecule has 0 fully saturated rings. The second kappa shape index (κ2) is 11.2. The van der Waals surface area contributed by atoms with Gasteiger partial charge in [0, 0.05) is 6.54 Å². The summed E-state index contributed by atoms with van der Waals surface area (Å²) in [5.74, 6) is -0.861. The first-order valence-corrected chi connectivity index (χ1v) is 13.2. The van der Waals surface area contributed by atoms with Gasteiger partial charge in [0.1, 0.15) is 6.04 Å². The number of carbonyl (C=O) groups is 2. The lowest BCUT2D eigenvalue weighted by Gasteiger charge is -2.30. The highest BCUT2D eigenvalue weighted by atomic mass is 32.2. The zero-order valence-electron chi connectivity index (χ0n) is 20.4. The summed E-state index contributed by atoms with van der Waals surface area (Å²) in [6, 6.07) is 20.9. The van der Waals surface area contributed by atoms with Crippen molar-refractivity contribution in [1.29, 1.82) is 0 Å². The molecule has 3 aromatic rings. The zero-order chi connectivity index (χ0) is 25.6. The number of carbonyl (C=O) groups excluding carboxylic acids is 2. The topological polar surface area (TPSA) is 95.6 Å². The number of hydrogen-bond acceptors (Lipinski definition) is 4. The highest BCUT2D eigenvalue weighted by Crippen LogP contribution is 2.27. The predicted molar refractivity (Wildman–Crippen MR) is 140 cm³/mol. The Hall–Kier alpha value is -3.65. The van der Waals surface area contributed by atoms with Crippen molar-refractivity contribution in [3.63, 3.8) is 0 Å². The number of hydrogen-bond donors (Lipinski definition) is 2. The van der Waals surface area contributed by atoms with Gasteiger partial charge in [0.25, 0.3) is 5.91 Å². The maximum Gasteiger partial charge on any atom is 0.253 e. The maximum absolute atomic E-state index is 13.2. The van der Waals surface area contributed by atoms with E-state index in [2.05, 4.69) is 10.6 Å². The van der Waals surface area contributed by atoms with Crippen LogP contribution in [0.25, 0.3) is 0 Å². The Kier molecular flexibility index (Phi) is 8.30. The van der Waals surface area contributed by atoms with Crippen molar-refractivity contribution in [2.45, 2.75) is 33.2 Å². The Morgan fingerprint density at radius 3 is 2.29 bits per heavy atom. The van der Waals surface area contributed by atoms with E-state index in [1.165, 1.54) is 6.92 Å². The van der Waals surface area contributed by atoms with Crippen LogP contribution >= 0.6 is 0 Å². The zero-order valence-corrected chi connectivity index (χ0v) is 21.2. The fourth-order valence-corrected chi connectivity index (χ4v) is 5.05. The number of aryl methyl sites for hydroxylation is 2. The lowest BCUT2D eigenvalue weighted by molar-refractivity contribution is -0.116. The SMILES string of the molecule is Cc1ccc(C)c(N([C@H](C)C(=O)Nc2ccccc2C(=O)NCCc2ccccc2)S(C)(=O)=O)c1. The Labute approximate surface area is 207 Å². The van der Waals surface area contributed by atoms with Crippen LogP contribution in [0.4, 0.5) is 11.4 Å². The number of anilines is 2. The molecule has 0 aliphatic rings. The van der Waals surface area contributed by atoms with Gasteiger partial charge < -0.3 is 10.6 Å².